The molecule has 1 unspecified atom stereocenters. The van der Waals surface area contributed by atoms with Gasteiger partial charge in [-0.1, -0.05) is 0 Å². The van der Waals surface area contributed by atoms with E-state index in [4.69, 9.17) is 5.11 Å². The highest BCUT2D eigenvalue weighted by atomic mass is 32.1. The summed E-state index contributed by atoms with van der Waals surface area (Å²) in [5.74, 6) is -0.942. The molecule has 1 aliphatic heterocycles. The van der Waals surface area contributed by atoms with Gasteiger partial charge in [0.1, 0.15) is 0 Å². The second-order valence-electron chi connectivity index (χ2n) is 4.64. The molecule has 0 aromatic carbocycles. The zero-order valence-corrected chi connectivity index (χ0v) is 12.1. The molecule has 4 nitrogen and oxygen atoms in total. The second-order valence-corrected chi connectivity index (χ2v) is 6.50. The van der Waals surface area contributed by atoms with Gasteiger partial charge in [-0.25, -0.2) is 9.78 Å². The van der Waals surface area contributed by atoms with Crippen molar-refractivity contribution in [3.8, 4) is 0 Å². The molecule has 1 atom stereocenters. The number of nitrogens with zero attached hydrogens (tertiary/aromatic N) is 2. The van der Waals surface area contributed by atoms with Gasteiger partial charge in [-0.15, -0.1) is 22.7 Å². The zero-order chi connectivity index (χ0) is 13.4. The summed E-state index contributed by atoms with van der Waals surface area (Å²) < 4.78 is 0. The number of carboxylic acid groups (broad SMARTS) is 1. The Bertz CT molecular complexity index is 605. The maximum Gasteiger partial charge on any atom is 0.365 e. The van der Waals surface area contributed by atoms with Crippen LogP contribution in [0.3, 0.4) is 0 Å². The first-order chi connectivity index (χ1) is 9.15. The minimum Gasteiger partial charge on any atom is -0.476 e. The van der Waals surface area contributed by atoms with Gasteiger partial charge in [0, 0.05) is 29.4 Å². The van der Waals surface area contributed by atoms with E-state index in [1.54, 1.807) is 0 Å². The largest absolute Gasteiger partial charge is 0.476 e. The van der Waals surface area contributed by atoms with Crippen LogP contribution in [0, 0.1) is 0 Å². The van der Waals surface area contributed by atoms with Crippen LogP contribution in [0.15, 0.2) is 16.8 Å². The van der Waals surface area contributed by atoms with Crippen LogP contribution < -0.4 is 0 Å². The maximum absolute atomic E-state index is 10.8. The Morgan fingerprint density at radius 3 is 3.16 bits per heavy atom. The van der Waals surface area contributed by atoms with Crippen molar-refractivity contribution in [1.29, 1.82) is 0 Å². The Balaban J connectivity index is 1.75. The van der Waals surface area contributed by atoms with E-state index >= 15 is 0 Å². The summed E-state index contributed by atoms with van der Waals surface area (Å²) in [6.07, 6.45) is 1.08. The normalized spacial score (nSPS) is 19.3. The van der Waals surface area contributed by atoms with Crippen LogP contribution in [0.1, 0.15) is 38.9 Å². The van der Waals surface area contributed by atoms with E-state index in [-0.39, 0.29) is 5.01 Å². The Hall–Kier alpha value is -1.24. The number of thiazole rings is 1. The van der Waals surface area contributed by atoms with Crippen LogP contribution in [-0.2, 0) is 13.0 Å². The van der Waals surface area contributed by atoms with Gasteiger partial charge in [0.05, 0.1) is 5.69 Å². The number of fused-ring (bicyclic) bond motifs is 1. The Labute approximate surface area is 119 Å². The molecule has 0 bridgehead atoms. The lowest BCUT2D eigenvalue weighted by Gasteiger charge is -2.32. The predicted octanol–water partition coefficient (Wildman–Crippen LogP) is 3.02. The lowest BCUT2D eigenvalue weighted by molar-refractivity contribution is 0.0696. The first kappa shape index (κ1) is 12.8. The fraction of sp³-hybridized carbons (Fsp3) is 0.385. The molecule has 6 heteroatoms. The van der Waals surface area contributed by atoms with Crippen molar-refractivity contribution >= 4 is 28.6 Å². The summed E-state index contributed by atoms with van der Waals surface area (Å²) in [6.45, 7) is 3.93. The molecule has 2 aromatic rings. The quantitative estimate of drug-likeness (QED) is 0.945. The first-order valence-electron chi connectivity index (χ1n) is 6.13. The molecule has 0 spiro atoms. The number of hydrogen-bond donors (Lipinski definition) is 1. The summed E-state index contributed by atoms with van der Waals surface area (Å²) in [6, 6.07) is 2.57. The van der Waals surface area contributed by atoms with Crippen molar-refractivity contribution in [3.05, 3.63) is 38.0 Å². The molecule has 3 heterocycles. The summed E-state index contributed by atoms with van der Waals surface area (Å²) in [4.78, 5) is 18.8. The molecule has 100 valence electrons. The van der Waals surface area contributed by atoms with Gasteiger partial charge >= 0.3 is 5.97 Å². The number of rotatable bonds is 3. The molecule has 2 aromatic heterocycles. The average Bonchev–Trinajstić information content (AvgIpc) is 3.01. The summed E-state index contributed by atoms with van der Waals surface area (Å²) in [5.41, 5.74) is 2.26. The molecule has 0 radical (unpaired) electrons. The Kier molecular flexibility index (Phi) is 3.38. The van der Waals surface area contributed by atoms with Gasteiger partial charge in [-0.05, 0) is 30.4 Å². The Morgan fingerprint density at radius 1 is 1.58 bits per heavy atom. The van der Waals surface area contributed by atoms with Crippen LogP contribution in [-0.4, -0.2) is 27.5 Å². The molecule has 1 N–H and O–H groups in total. The molecule has 19 heavy (non-hydrogen) atoms. The molecular formula is C13H14N2O2S2. The SMILES string of the molecule is CC1c2ccsc2CCN1Cc1csc(C(=O)O)n1. The molecule has 1 aliphatic rings. The van der Waals surface area contributed by atoms with E-state index in [9.17, 15) is 4.79 Å². The molecular weight excluding hydrogens is 280 g/mol. The van der Waals surface area contributed by atoms with Gasteiger partial charge in [-0.2, -0.15) is 0 Å². The lowest BCUT2D eigenvalue weighted by atomic mass is 10.0. The zero-order valence-electron chi connectivity index (χ0n) is 10.5. The number of aromatic nitrogens is 1. The smallest absolute Gasteiger partial charge is 0.365 e. The lowest BCUT2D eigenvalue weighted by Crippen LogP contribution is -2.32. The van der Waals surface area contributed by atoms with E-state index in [1.807, 2.05) is 16.7 Å². The fourth-order valence-electron chi connectivity index (χ4n) is 2.46. The fourth-order valence-corrected chi connectivity index (χ4v) is 4.07. The predicted molar refractivity (Wildman–Crippen MR) is 75.9 cm³/mol. The highest BCUT2D eigenvalue weighted by Crippen LogP contribution is 2.33. The van der Waals surface area contributed by atoms with Gasteiger partial charge in [0.25, 0.3) is 0 Å². The number of aromatic carboxylic acids is 1. The third kappa shape index (κ3) is 2.43. The highest BCUT2D eigenvalue weighted by molar-refractivity contribution is 7.11. The number of carboxylic acids is 1. The van der Waals surface area contributed by atoms with Gasteiger partial charge in [0.2, 0.25) is 5.01 Å². The molecule has 0 amide bonds. The second kappa shape index (κ2) is 5.03. The summed E-state index contributed by atoms with van der Waals surface area (Å²) in [7, 11) is 0. The van der Waals surface area contributed by atoms with Crippen LogP contribution in [0.2, 0.25) is 0 Å². The van der Waals surface area contributed by atoms with Crippen molar-refractivity contribution in [2.45, 2.75) is 25.9 Å². The minimum absolute atomic E-state index is 0.177. The summed E-state index contributed by atoms with van der Waals surface area (Å²) >= 11 is 3.03. The van der Waals surface area contributed by atoms with Crippen LogP contribution >= 0.6 is 22.7 Å². The van der Waals surface area contributed by atoms with E-state index in [0.717, 1.165) is 25.2 Å². The van der Waals surface area contributed by atoms with Crippen LogP contribution in [0.25, 0.3) is 0 Å². The van der Waals surface area contributed by atoms with Crippen molar-refractivity contribution < 1.29 is 9.90 Å². The van der Waals surface area contributed by atoms with E-state index < -0.39 is 5.97 Å². The molecule has 0 aliphatic carbocycles. The van der Waals surface area contributed by atoms with Crippen molar-refractivity contribution in [2.75, 3.05) is 6.54 Å². The number of hydrogen-bond acceptors (Lipinski definition) is 5. The standard InChI is InChI=1S/C13H14N2O2S2/c1-8-10-3-5-18-11(10)2-4-15(8)6-9-7-19-12(14-9)13(16)17/h3,5,7-8H,2,4,6H2,1H3,(H,16,17). The van der Waals surface area contributed by atoms with Crippen molar-refractivity contribution in [1.82, 2.24) is 9.88 Å². The Morgan fingerprint density at radius 2 is 2.42 bits per heavy atom. The van der Waals surface area contributed by atoms with E-state index in [1.165, 1.54) is 21.8 Å². The van der Waals surface area contributed by atoms with Crippen LogP contribution in [0.5, 0.6) is 0 Å². The van der Waals surface area contributed by atoms with Crippen LogP contribution in [0.4, 0.5) is 0 Å². The van der Waals surface area contributed by atoms with Gasteiger partial charge in [-0.3, -0.25) is 4.90 Å². The number of thiophene rings is 1. The summed E-state index contributed by atoms with van der Waals surface area (Å²) in [5, 5.41) is 13.1. The molecule has 0 fully saturated rings. The maximum atomic E-state index is 10.8. The average molecular weight is 294 g/mol. The molecule has 0 saturated heterocycles. The van der Waals surface area contributed by atoms with Gasteiger partial charge in [0.15, 0.2) is 0 Å². The number of carbonyl (C=O) groups is 1. The minimum atomic E-state index is -0.942. The highest BCUT2D eigenvalue weighted by Gasteiger charge is 2.25. The topological polar surface area (TPSA) is 53.4 Å². The first-order valence-corrected chi connectivity index (χ1v) is 7.89. The van der Waals surface area contributed by atoms with E-state index in [2.05, 4.69) is 28.3 Å². The monoisotopic (exact) mass is 294 g/mol. The van der Waals surface area contributed by atoms with E-state index in [0.29, 0.717) is 6.04 Å². The molecule has 3 rings (SSSR count). The van der Waals surface area contributed by atoms with Crippen molar-refractivity contribution in [2.24, 2.45) is 0 Å². The van der Waals surface area contributed by atoms with Crippen molar-refractivity contribution in [3.63, 3.8) is 0 Å². The van der Waals surface area contributed by atoms with Gasteiger partial charge < -0.3 is 5.11 Å². The molecule has 0 saturated carbocycles. The third-order valence-corrected chi connectivity index (χ3v) is 5.38. The third-order valence-electron chi connectivity index (χ3n) is 3.50.